The smallest absolute Gasteiger partial charge is 0.231 e. The number of imide groups is 3. The van der Waals surface area contributed by atoms with Gasteiger partial charge in [-0.1, -0.05) is 0 Å². The first kappa shape index (κ1) is 20.1. The Balaban J connectivity index is 1.98. The fourth-order valence-corrected chi connectivity index (χ4v) is 4.37. The summed E-state index contributed by atoms with van der Waals surface area (Å²) in [6.07, 6.45) is -2.00. The molecule has 3 atom stereocenters. The van der Waals surface area contributed by atoms with Crippen molar-refractivity contribution in [3.63, 3.8) is 0 Å². The van der Waals surface area contributed by atoms with E-state index < -0.39 is 18.5 Å². The van der Waals surface area contributed by atoms with E-state index in [-0.39, 0.29) is 74.0 Å². The average molecular weight is 392 g/mol. The van der Waals surface area contributed by atoms with E-state index in [4.69, 9.17) is 0 Å². The van der Waals surface area contributed by atoms with Gasteiger partial charge in [-0.25, -0.2) is 4.90 Å². The molecule has 0 aromatic rings. The molecule has 3 saturated heterocycles. The van der Waals surface area contributed by atoms with Crippen molar-refractivity contribution in [3.05, 3.63) is 0 Å². The highest BCUT2D eigenvalue weighted by Crippen LogP contribution is 2.28. The van der Waals surface area contributed by atoms with Crippen LogP contribution in [0.25, 0.3) is 0 Å². The van der Waals surface area contributed by atoms with Crippen molar-refractivity contribution < 1.29 is 28.8 Å². The zero-order valence-electron chi connectivity index (χ0n) is 16.2. The first-order valence-electron chi connectivity index (χ1n) is 9.47. The monoisotopic (exact) mass is 392 g/mol. The normalized spacial score (nSPS) is 24.2. The third-order valence-electron chi connectivity index (χ3n) is 5.69. The van der Waals surface area contributed by atoms with Crippen LogP contribution in [-0.4, -0.2) is 73.5 Å². The van der Waals surface area contributed by atoms with E-state index in [9.17, 15) is 28.8 Å². The van der Waals surface area contributed by atoms with Gasteiger partial charge in [0.1, 0.15) is 0 Å². The summed E-state index contributed by atoms with van der Waals surface area (Å²) in [4.78, 5) is 78.4. The van der Waals surface area contributed by atoms with Crippen LogP contribution in [0.5, 0.6) is 0 Å². The molecule has 28 heavy (non-hydrogen) atoms. The molecule has 10 nitrogen and oxygen atoms in total. The second-order valence-electron chi connectivity index (χ2n) is 7.32. The molecule has 0 radical (unpaired) electrons. The lowest BCUT2D eigenvalue weighted by atomic mass is 10.2. The summed E-state index contributed by atoms with van der Waals surface area (Å²) in [5.74, 6) is -2.17. The third-order valence-corrected chi connectivity index (χ3v) is 5.69. The Morgan fingerprint density at radius 2 is 0.679 bits per heavy atom. The highest BCUT2D eigenvalue weighted by atomic mass is 16.2. The molecule has 3 unspecified atom stereocenters. The molecule has 10 heteroatoms. The highest BCUT2D eigenvalue weighted by Gasteiger charge is 2.46. The van der Waals surface area contributed by atoms with E-state index in [1.807, 2.05) is 0 Å². The van der Waals surface area contributed by atoms with Gasteiger partial charge in [-0.15, -0.1) is 0 Å². The molecule has 3 aliphatic heterocycles. The van der Waals surface area contributed by atoms with Gasteiger partial charge in [-0.2, -0.15) is 0 Å². The van der Waals surface area contributed by atoms with Gasteiger partial charge >= 0.3 is 0 Å². The predicted molar refractivity (Wildman–Crippen MR) is 93.5 cm³/mol. The van der Waals surface area contributed by atoms with Crippen LogP contribution in [-0.2, 0) is 28.8 Å². The van der Waals surface area contributed by atoms with Gasteiger partial charge in [0.05, 0.1) is 18.5 Å². The number of hydrogen-bond donors (Lipinski definition) is 0. The molecule has 3 rings (SSSR count). The standard InChI is InChI=1S/C18H24N4O6/c1-10(20-13(23)4-5-14(20)24)19(11(2)21-15(25)6-7-16(21)26)12(3)22-17(27)8-9-18(22)28/h10-12H,4-9H2,1-3H3. The van der Waals surface area contributed by atoms with Gasteiger partial charge < -0.3 is 0 Å². The number of carbonyl (C=O) groups excluding carboxylic acids is 6. The van der Waals surface area contributed by atoms with E-state index in [0.29, 0.717) is 0 Å². The van der Waals surface area contributed by atoms with Gasteiger partial charge in [0.15, 0.2) is 0 Å². The molecule has 3 aliphatic rings. The lowest BCUT2D eigenvalue weighted by Crippen LogP contribution is -2.64. The molecule has 0 aromatic heterocycles. The Kier molecular flexibility index (Phi) is 5.33. The van der Waals surface area contributed by atoms with Crippen LogP contribution < -0.4 is 0 Å². The van der Waals surface area contributed by atoms with Crippen molar-refractivity contribution in [2.24, 2.45) is 0 Å². The average Bonchev–Trinajstić information content (AvgIpc) is 3.25. The van der Waals surface area contributed by atoms with Crippen molar-refractivity contribution >= 4 is 35.4 Å². The topological polar surface area (TPSA) is 115 Å². The maximum atomic E-state index is 12.3. The fourth-order valence-electron chi connectivity index (χ4n) is 4.37. The van der Waals surface area contributed by atoms with E-state index >= 15 is 0 Å². The molecule has 0 N–H and O–H groups in total. The van der Waals surface area contributed by atoms with Crippen molar-refractivity contribution in [1.82, 2.24) is 19.6 Å². The largest absolute Gasteiger partial charge is 0.274 e. The minimum atomic E-state index is -0.838. The highest BCUT2D eigenvalue weighted by molar-refractivity contribution is 6.04. The lowest BCUT2D eigenvalue weighted by Gasteiger charge is -2.46. The van der Waals surface area contributed by atoms with Gasteiger partial charge in [-0.3, -0.25) is 43.5 Å². The number of likely N-dealkylation sites (tertiary alicyclic amines) is 3. The second-order valence-corrected chi connectivity index (χ2v) is 7.32. The fraction of sp³-hybridized carbons (Fsp3) is 0.667. The molecule has 0 aromatic carbocycles. The molecule has 0 saturated carbocycles. The molecule has 152 valence electrons. The number of amides is 6. The predicted octanol–water partition coefficient (Wildman–Crippen LogP) is -0.227. The zero-order valence-corrected chi connectivity index (χ0v) is 16.2. The van der Waals surface area contributed by atoms with Crippen LogP contribution in [0.15, 0.2) is 0 Å². The van der Waals surface area contributed by atoms with Gasteiger partial charge in [0.25, 0.3) is 0 Å². The number of nitrogens with zero attached hydrogens (tertiary/aromatic N) is 4. The van der Waals surface area contributed by atoms with Crippen LogP contribution in [0.1, 0.15) is 59.3 Å². The van der Waals surface area contributed by atoms with Crippen LogP contribution in [0.2, 0.25) is 0 Å². The summed E-state index contributed by atoms with van der Waals surface area (Å²) in [6.45, 7) is 4.80. The summed E-state index contributed by atoms with van der Waals surface area (Å²) in [5, 5.41) is 0. The first-order valence-corrected chi connectivity index (χ1v) is 9.47. The summed E-state index contributed by atoms with van der Waals surface area (Å²) >= 11 is 0. The van der Waals surface area contributed by atoms with E-state index in [1.54, 1.807) is 25.7 Å². The number of rotatable bonds is 6. The summed E-state index contributed by atoms with van der Waals surface area (Å²) in [6, 6.07) is 0. The quantitative estimate of drug-likeness (QED) is 0.574. The molecule has 0 bridgehead atoms. The van der Waals surface area contributed by atoms with E-state index in [1.165, 1.54) is 0 Å². The molecular weight excluding hydrogens is 368 g/mol. The van der Waals surface area contributed by atoms with Gasteiger partial charge in [0.2, 0.25) is 35.4 Å². The maximum absolute atomic E-state index is 12.3. The minimum Gasteiger partial charge on any atom is -0.274 e. The van der Waals surface area contributed by atoms with E-state index in [0.717, 1.165) is 14.7 Å². The van der Waals surface area contributed by atoms with Gasteiger partial charge in [0, 0.05) is 38.5 Å². The van der Waals surface area contributed by atoms with Crippen molar-refractivity contribution in [1.29, 1.82) is 0 Å². The van der Waals surface area contributed by atoms with Crippen LogP contribution in [0.4, 0.5) is 0 Å². The van der Waals surface area contributed by atoms with Crippen LogP contribution in [0, 0.1) is 0 Å². The molecule has 0 aliphatic carbocycles. The summed E-state index contributed by atoms with van der Waals surface area (Å²) < 4.78 is 0. The molecule has 3 fully saturated rings. The Hall–Kier alpha value is -2.62. The van der Waals surface area contributed by atoms with Crippen molar-refractivity contribution in [2.75, 3.05) is 0 Å². The Bertz CT molecular complexity index is 617. The Labute approximate surface area is 162 Å². The Morgan fingerprint density at radius 1 is 0.500 bits per heavy atom. The Morgan fingerprint density at radius 3 is 0.857 bits per heavy atom. The second kappa shape index (κ2) is 7.42. The summed E-state index contributed by atoms with van der Waals surface area (Å²) in [5.41, 5.74) is 0. The summed E-state index contributed by atoms with van der Waals surface area (Å²) in [7, 11) is 0. The molecule has 0 spiro atoms. The first-order chi connectivity index (χ1) is 13.1. The SMILES string of the molecule is CC(N1C(=O)CCC1=O)N(C(C)N1C(=O)CCC1=O)C(C)N1C(=O)CCC1=O. The molecule has 6 amide bonds. The van der Waals surface area contributed by atoms with Crippen molar-refractivity contribution in [2.45, 2.75) is 77.8 Å². The zero-order chi connectivity index (χ0) is 20.7. The van der Waals surface area contributed by atoms with Gasteiger partial charge in [-0.05, 0) is 20.8 Å². The van der Waals surface area contributed by atoms with Crippen LogP contribution in [0.3, 0.4) is 0 Å². The number of hydrogen-bond acceptors (Lipinski definition) is 7. The van der Waals surface area contributed by atoms with E-state index in [2.05, 4.69) is 0 Å². The molecule has 3 heterocycles. The third kappa shape index (κ3) is 3.21. The number of carbonyl (C=O) groups is 6. The minimum absolute atomic E-state index is 0.0862. The maximum Gasteiger partial charge on any atom is 0.231 e. The van der Waals surface area contributed by atoms with Crippen LogP contribution >= 0.6 is 0 Å². The lowest BCUT2D eigenvalue weighted by molar-refractivity contribution is -0.164. The molecular formula is C18H24N4O6. The van der Waals surface area contributed by atoms with Crippen molar-refractivity contribution in [3.8, 4) is 0 Å².